The Morgan fingerprint density at radius 2 is 1.80 bits per heavy atom. The Balaban J connectivity index is 1.59. The molecule has 126 valence electrons. The van der Waals surface area contributed by atoms with E-state index in [9.17, 15) is 0 Å². The first-order valence-electron chi connectivity index (χ1n) is 8.57. The van der Waals surface area contributed by atoms with Crippen LogP contribution < -0.4 is 10.6 Å². The molecule has 4 rings (SSSR count). The predicted octanol–water partition coefficient (Wildman–Crippen LogP) is 3.80. The lowest BCUT2D eigenvalue weighted by Crippen LogP contribution is -2.38. The first-order valence-corrected chi connectivity index (χ1v) is 8.98. The highest BCUT2D eigenvalue weighted by atomic mass is 32.1. The second kappa shape index (κ2) is 6.76. The summed E-state index contributed by atoms with van der Waals surface area (Å²) in [5.41, 5.74) is 7.84. The van der Waals surface area contributed by atoms with Gasteiger partial charge in [-0.3, -0.25) is 0 Å². The van der Waals surface area contributed by atoms with Crippen LogP contribution in [-0.4, -0.2) is 28.0 Å². The number of thiocarbonyl (C=S) groups is 1. The van der Waals surface area contributed by atoms with E-state index in [2.05, 4.69) is 52.3 Å². The van der Waals surface area contributed by atoms with Crippen molar-refractivity contribution in [2.45, 2.75) is 12.8 Å². The third kappa shape index (κ3) is 3.33. The maximum atomic E-state index is 5.78. The summed E-state index contributed by atoms with van der Waals surface area (Å²) >= 11 is 5.12. The summed E-state index contributed by atoms with van der Waals surface area (Å²) in [6, 6.07) is 16.8. The molecule has 0 unspecified atom stereocenters. The van der Waals surface area contributed by atoms with E-state index in [1.54, 1.807) is 0 Å². The SMILES string of the molecule is NC(=S)C1CCN(c2nccc(-c3ccc4ccccc4c3)n2)CC1. The number of nitrogens with zero attached hydrogens (tertiary/aromatic N) is 3. The van der Waals surface area contributed by atoms with Crippen molar-refractivity contribution in [3.05, 3.63) is 54.7 Å². The lowest BCUT2D eigenvalue weighted by molar-refractivity contribution is 0.498. The number of fused-ring (bicyclic) bond motifs is 1. The molecule has 1 fully saturated rings. The Hall–Kier alpha value is -2.53. The van der Waals surface area contributed by atoms with E-state index < -0.39 is 0 Å². The number of benzene rings is 2. The lowest BCUT2D eigenvalue weighted by Gasteiger charge is -2.31. The number of hydrogen-bond donors (Lipinski definition) is 1. The Labute approximate surface area is 152 Å². The van der Waals surface area contributed by atoms with Gasteiger partial charge in [0.05, 0.1) is 10.7 Å². The number of anilines is 1. The molecule has 4 nitrogen and oxygen atoms in total. The van der Waals surface area contributed by atoms with Crippen LogP contribution in [0.5, 0.6) is 0 Å². The average Bonchev–Trinajstić information content (AvgIpc) is 2.68. The average molecular weight is 348 g/mol. The minimum Gasteiger partial charge on any atom is -0.393 e. The Morgan fingerprint density at radius 1 is 1.04 bits per heavy atom. The maximum Gasteiger partial charge on any atom is 0.225 e. The molecule has 0 bridgehead atoms. The zero-order valence-corrected chi connectivity index (χ0v) is 14.7. The number of piperidine rings is 1. The second-order valence-corrected chi connectivity index (χ2v) is 6.94. The van der Waals surface area contributed by atoms with Crippen LogP contribution in [0, 0.1) is 5.92 Å². The first kappa shape index (κ1) is 16.0. The van der Waals surface area contributed by atoms with Gasteiger partial charge in [0.1, 0.15) is 0 Å². The van der Waals surface area contributed by atoms with Crippen LogP contribution in [0.4, 0.5) is 5.95 Å². The standard InChI is InChI=1S/C20H20N4S/c21-19(25)15-8-11-24(12-9-15)20-22-10-7-18(23-20)17-6-5-14-3-1-2-4-16(14)13-17/h1-7,10,13,15H,8-9,11-12H2,(H2,21,25). The minimum atomic E-state index is 0.343. The minimum absolute atomic E-state index is 0.343. The molecule has 0 saturated carbocycles. The molecule has 0 spiro atoms. The van der Waals surface area contributed by atoms with Crippen molar-refractivity contribution in [1.29, 1.82) is 0 Å². The topological polar surface area (TPSA) is 55.0 Å². The monoisotopic (exact) mass is 348 g/mol. The fourth-order valence-electron chi connectivity index (χ4n) is 3.37. The maximum absolute atomic E-state index is 5.78. The van der Waals surface area contributed by atoms with E-state index in [4.69, 9.17) is 22.9 Å². The van der Waals surface area contributed by atoms with Crippen molar-refractivity contribution in [1.82, 2.24) is 9.97 Å². The van der Waals surface area contributed by atoms with E-state index in [-0.39, 0.29) is 0 Å². The van der Waals surface area contributed by atoms with Crippen LogP contribution in [0.25, 0.3) is 22.0 Å². The van der Waals surface area contributed by atoms with E-state index >= 15 is 0 Å². The van der Waals surface area contributed by atoms with Crippen LogP contribution in [0.2, 0.25) is 0 Å². The molecule has 25 heavy (non-hydrogen) atoms. The largest absolute Gasteiger partial charge is 0.393 e. The van der Waals surface area contributed by atoms with Crippen LogP contribution in [0.3, 0.4) is 0 Å². The Morgan fingerprint density at radius 3 is 2.56 bits per heavy atom. The predicted molar refractivity (Wildman–Crippen MR) is 107 cm³/mol. The van der Waals surface area contributed by atoms with Gasteiger partial charge >= 0.3 is 0 Å². The fourth-order valence-corrected chi connectivity index (χ4v) is 3.61. The van der Waals surface area contributed by atoms with Gasteiger partial charge in [-0.1, -0.05) is 48.6 Å². The van der Waals surface area contributed by atoms with Crippen molar-refractivity contribution in [3.63, 3.8) is 0 Å². The van der Waals surface area contributed by atoms with Gasteiger partial charge in [-0.05, 0) is 35.7 Å². The molecule has 3 aromatic rings. The summed E-state index contributed by atoms with van der Waals surface area (Å²) in [6.07, 6.45) is 3.78. The van der Waals surface area contributed by atoms with Crippen molar-refractivity contribution in [3.8, 4) is 11.3 Å². The molecule has 0 radical (unpaired) electrons. The smallest absolute Gasteiger partial charge is 0.225 e. The van der Waals surface area contributed by atoms with Crippen LogP contribution in [0.1, 0.15) is 12.8 Å². The van der Waals surface area contributed by atoms with Gasteiger partial charge in [0, 0.05) is 30.8 Å². The molecule has 1 aliphatic rings. The van der Waals surface area contributed by atoms with E-state index in [0.29, 0.717) is 10.9 Å². The molecule has 0 amide bonds. The normalized spacial score (nSPS) is 15.4. The molecule has 2 aromatic carbocycles. The van der Waals surface area contributed by atoms with Crippen LogP contribution >= 0.6 is 12.2 Å². The molecule has 2 heterocycles. The third-order valence-electron chi connectivity index (χ3n) is 4.87. The second-order valence-electron chi connectivity index (χ2n) is 6.47. The van der Waals surface area contributed by atoms with E-state index in [1.165, 1.54) is 10.8 Å². The highest BCUT2D eigenvalue weighted by Gasteiger charge is 2.22. The van der Waals surface area contributed by atoms with Gasteiger partial charge in [-0.15, -0.1) is 0 Å². The molecular weight excluding hydrogens is 328 g/mol. The summed E-state index contributed by atoms with van der Waals surface area (Å²) in [6.45, 7) is 1.78. The molecule has 0 atom stereocenters. The van der Waals surface area contributed by atoms with Gasteiger partial charge in [0.25, 0.3) is 0 Å². The molecular formula is C20H20N4S. The number of nitrogens with two attached hydrogens (primary N) is 1. The van der Waals surface area contributed by atoms with Crippen LogP contribution in [-0.2, 0) is 0 Å². The van der Waals surface area contributed by atoms with Crippen molar-refractivity contribution < 1.29 is 0 Å². The zero-order valence-electron chi connectivity index (χ0n) is 13.9. The summed E-state index contributed by atoms with van der Waals surface area (Å²) in [7, 11) is 0. The van der Waals surface area contributed by atoms with Gasteiger partial charge in [0.2, 0.25) is 5.95 Å². The molecule has 0 aliphatic carbocycles. The van der Waals surface area contributed by atoms with E-state index in [0.717, 1.165) is 43.1 Å². The highest BCUT2D eigenvalue weighted by molar-refractivity contribution is 7.80. The molecule has 1 saturated heterocycles. The van der Waals surface area contributed by atoms with Crippen LogP contribution in [0.15, 0.2) is 54.7 Å². The van der Waals surface area contributed by atoms with Crippen molar-refractivity contribution >= 4 is 33.9 Å². The summed E-state index contributed by atoms with van der Waals surface area (Å²) in [5.74, 6) is 1.13. The highest BCUT2D eigenvalue weighted by Crippen LogP contribution is 2.26. The Kier molecular flexibility index (Phi) is 4.32. The molecule has 2 N–H and O–H groups in total. The fraction of sp³-hybridized carbons (Fsp3) is 0.250. The van der Waals surface area contributed by atoms with Gasteiger partial charge in [-0.25, -0.2) is 9.97 Å². The molecule has 5 heteroatoms. The van der Waals surface area contributed by atoms with E-state index in [1.807, 2.05) is 12.3 Å². The lowest BCUT2D eigenvalue weighted by atomic mass is 9.97. The molecule has 1 aromatic heterocycles. The summed E-state index contributed by atoms with van der Waals surface area (Å²) < 4.78 is 0. The first-order chi connectivity index (χ1) is 12.2. The summed E-state index contributed by atoms with van der Waals surface area (Å²) in [4.78, 5) is 12.1. The number of rotatable bonds is 3. The zero-order chi connectivity index (χ0) is 17.2. The van der Waals surface area contributed by atoms with Gasteiger partial charge in [0.15, 0.2) is 0 Å². The third-order valence-corrected chi connectivity index (χ3v) is 5.20. The Bertz CT molecular complexity index is 916. The molecule has 1 aliphatic heterocycles. The number of hydrogen-bond acceptors (Lipinski definition) is 4. The van der Waals surface area contributed by atoms with Crippen molar-refractivity contribution in [2.75, 3.05) is 18.0 Å². The van der Waals surface area contributed by atoms with Gasteiger partial charge in [-0.2, -0.15) is 0 Å². The number of aromatic nitrogens is 2. The van der Waals surface area contributed by atoms with Crippen molar-refractivity contribution in [2.24, 2.45) is 11.7 Å². The van der Waals surface area contributed by atoms with Gasteiger partial charge < -0.3 is 10.6 Å². The summed E-state index contributed by atoms with van der Waals surface area (Å²) in [5, 5.41) is 2.46. The quantitative estimate of drug-likeness (QED) is 0.730.